The zero-order chi connectivity index (χ0) is 11.6. The average Bonchev–Trinajstić information content (AvgIpc) is 2.24. The third-order valence-electron chi connectivity index (χ3n) is 2.41. The SMILES string of the molecule is N#CC=C1CN(S(=O)(=O)c2ccccc2)C1. The molecule has 82 valence electrons. The lowest BCUT2D eigenvalue weighted by molar-refractivity contribution is 0.391. The second kappa shape index (κ2) is 4.08. The van der Waals surface area contributed by atoms with Gasteiger partial charge in [0, 0.05) is 19.2 Å². The lowest BCUT2D eigenvalue weighted by Gasteiger charge is -2.32. The van der Waals surface area contributed by atoms with Gasteiger partial charge >= 0.3 is 0 Å². The van der Waals surface area contributed by atoms with Crippen LogP contribution in [0.4, 0.5) is 0 Å². The minimum Gasteiger partial charge on any atom is -0.207 e. The van der Waals surface area contributed by atoms with E-state index in [-0.39, 0.29) is 0 Å². The second-order valence-electron chi connectivity index (χ2n) is 3.52. The lowest BCUT2D eigenvalue weighted by atomic mass is 10.1. The van der Waals surface area contributed by atoms with Gasteiger partial charge in [-0.15, -0.1) is 0 Å². The highest BCUT2D eigenvalue weighted by Crippen LogP contribution is 2.23. The molecule has 5 heteroatoms. The molecule has 2 rings (SSSR count). The molecule has 1 aliphatic heterocycles. The third-order valence-corrected chi connectivity index (χ3v) is 4.21. The smallest absolute Gasteiger partial charge is 0.207 e. The molecule has 1 fully saturated rings. The number of hydrogen-bond donors (Lipinski definition) is 0. The maximum atomic E-state index is 12.0. The molecule has 0 amide bonds. The molecule has 1 heterocycles. The van der Waals surface area contributed by atoms with Gasteiger partial charge in [0.15, 0.2) is 0 Å². The van der Waals surface area contributed by atoms with Crippen LogP contribution in [0.1, 0.15) is 0 Å². The summed E-state index contributed by atoms with van der Waals surface area (Å²) >= 11 is 0. The summed E-state index contributed by atoms with van der Waals surface area (Å²) in [4.78, 5) is 0.297. The van der Waals surface area contributed by atoms with E-state index in [4.69, 9.17) is 5.26 Å². The summed E-state index contributed by atoms with van der Waals surface area (Å²) in [6.45, 7) is 0.648. The Morgan fingerprint density at radius 3 is 2.44 bits per heavy atom. The van der Waals surface area contributed by atoms with Crippen LogP contribution in [0.3, 0.4) is 0 Å². The van der Waals surface area contributed by atoms with Crippen molar-refractivity contribution in [1.29, 1.82) is 5.26 Å². The van der Waals surface area contributed by atoms with Crippen molar-refractivity contribution in [3.63, 3.8) is 0 Å². The van der Waals surface area contributed by atoms with Gasteiger partial charge in [0.05, 0.1) is 11.0 Å². The van der Waals surface area contributed by atoms with E-state index < -0.39 is 10.0 Å². The first-order valence-corrected chi connectivity index (χ1v) is 6.21. The van der Waals surface area contributed by atoms with Gasteiger partial charge in [0.25, 0.3) is 0 Å². The van der Waals surface area contributed by atoms with E-state index in [9.17, 15) is 8.42 Å². The van der Waals surface area contributed by atoms with E-state index >= 15 is 0 Å². The van der Waals surface area contributed by atoms with Crippen LogP contribution in [0.25, 0.3) is 0 Å². The molecule has 1 saturated heterocycles. The summed E-state index contributed by atoms with van der Waals surface area (Å²) in [6, 6.07) is 10.2. The lowest BCUT2D eigenvalue weighted by Crippen LogP contribution is -2.44. The summed E-state index contributed by atoms with van der Waals surface area (Å²) in [7, 11) is -3.37. The summed E-state index contributed by atoms with van der Waals surface area (Å²) < 4.78 is 25.3. The monoisotopic (exact) mass is 234 g/mol. The van der Waals surface area contributed by atoms with Crippen molar-refractivity contribution >= 4 is 10.0 Å². The van der Waals surface area contributed by atoms with Crippen LogP contribution in [0.15, 0.2) is 46.9 Å². The van der Waals surface area contributed by atoms with E-state index in [1.165, 1.54) is 10.4 Å². The van der Waals surface area contributed by atoms with Crippen molar-refractivity contribution in [3.05, 3.63) is 42.0 Å². The van der Waals surface area contributed by atoms with Gasteiger partial charge in [-0.05, 0) is 17.7 Å². The molecule has 4 nitrogen and oxygen atoms in total. The number of hydrogen-bond acceptors (Lipinski definition) is 3. The molecule has 0 aliphatic carbocycles. The van der Waals surface area contributed by atoms with Gasteiger partial charge in [-0.1, -0.05) is 18.2 Å². The predicted molar refractivity (Wildman–Crippen MR) is 58.9 cm³/mol. The van der Waals surface area contributed by atoms with Crippen molar-refractivity contribution in [1.82, 2.24) is 4.31 Å². The Bertz CT molecular complexity index is 547. The molecule has 1 aromatic carbocycles. The molecule has 0 atom stereocenters. The van der Waals surface area contributed by atoms with Gasteiger partial charge in [-0.2, -0.15) is 9.57 Å². The minimum absolute atomic E-state index is 0.297. The number of allylic oxidation sites excluding steroid dienone is 1. The number of rotatable bonds is 2. The Morgan fingerprint density at radius 2 is 1.88 bits per heavy atom. The van der Waals surface area contributed by atoms with Gasteiger partial charge < -0.3 is 0 Å². The van der Waals surface area contributed by atoms with Crippen LogP contribution < -0.4 is 0 Å². The van der Waals surface area contributed by atoms with Crippen LogP contribution in [0.5, 0.6) is 0 Å². The number of nitriles is 1. The van der Waals surface area contributed by atoms with Gasteiger partial charge in [0.1, 0.15) is 0 Å². The van der Waals surface area contributed by atoms with Crippen LogP contribution in [0, 0.1) is 11.3 Å². The van der Waals surface area contributed by atoms with Crippen molar-refractivity contribution in [2.45, 2.75) is 4.90 Å². The highest BCUT2D eigenvalue weighted by molar-refractivity contribution is 7.89. The molecular formula is C11H10N2O2S. The van der Waals surface area contributed by atoms with E-state index in [1.807, 2.05) is 6.07 Å². The van der Waals surface area contributed by atoms with Crippen molar-refractivity contribution < 1.29 is 8.42 Å². The molecule has 0 N–H and O–H groups in total. The molecule has 1 aliphatic rings. The standard InChI is InChI=1S/C11H10N2O2S/c12-7-6-10-8-13(9-10)16(14,15)11-4-2-1-3-5-11/h1-6H,8-9H2. The van der Waals surface area contributed by atoms with E-state index in [1.54, 1.807) is 30.3 Å². The molecule has 1 aromatic rings. The van der Waals surface area contributed by atoms with E-state index in [0.29, 0.717) is 18.0 Å². The van der Waals surface area contributed by atoms with E-state index in [2.05, 4.69) is 0 Å². The van der Waals surface area contributed by atoms with Gasteiger partial charge in [-0.3, -0.25) is 0 Å². The topological polar surface area (TPSA) is 61.2 Å². The first-order chi connectivity index (χ1) is 7.64. The fraction of sp³-hybridized carbons (Fsp3) is 0.182. The number of sulfonamides is 1. The van der Waals surface area contributed by atoms with Gasteiger partial charge in [-0.25, -0.2) is 8.42 Å². The summed E-state index contributed by atoms with van der Waals surface area (Å²) in [5, 5.41) is 8.41. The van der Waals surface area contributed by atoms with Crippen LogP contribution in [0.2, 0.25) is 0 Å². The van der Waals surface area contributed by atoms with Crippen LogP contribution in [-0.2, 0) is 10.0 Å². The first kappa shape index (κ1) is 10.9. The fourth-order valence-corrected chi connectivity index (χ4v) is 2.97. The van der Waals surface area contributed by atoms with Crippen LogP contribution >= 0.6 is 0 Å². The fourth-order valence-electron chi connectivity index (χ4n) is 1.50. The minimum atomic E-state index is -3.37. The molecule has 0 unspecified atom stereocenters. The molecule has 0 radical (unpaired) electrons. The zero-order valence-electron chi connectivity index (χ0n) is 8.50. The Hall–Kier alpha value is -1.64. The Kier molecular flexibility index (Phi) is 2.77. The maximum Gasteiger partial charge on any atom is 0.243 e. The molecular weight excluding hydrogens is 224 g/mol. The maximum absolute atomic E-state index is 12.0. The number of nitrogens with zero attached hydrogens (tertiary/aromatic N) is 2. The normalized spacial score (nSPS) is 16.3. The highest BCUT2D eigenvalue weighted by atomic mass is 32.2. The molecule has 0 spiro atoms. The Labute approximate surface area is 94.5 Å². The molecule has 0 aromatic heterocycles. The summed E-state index contributed by atoms with van der Waals surface area (Å²) in [6.07, 6.45) is 1.40. The van der Waals surface area contributed by atoms with E-state index in [0.717, 1.165) is 5.57 Å². The quantitative estimate of drug-likeness (QED) is 0.721. The van der Waals surface area contributed by atoms with Crippen molar-refractivity contribution in [3.8, 4) is 6.07 Å². The molecule has 0 bridgehead atoms. The van der Waals surface area contributed by atoms with Crippen molar-refractivity contribution in [2.24, 2.45) is 0 Å². The molecule has 16 heavy (non-hydrogen) atoms. The summed E-state index contributed by atoms with van der Waals surface area (Å²) in [5.74, 6) is 0. The largest absolute Gasteiger partial charge is 0.243 e. The highest BCUT2D eigenvalue weighted by Gasteiger charge is 2.32. The predicted octanol–water partition coefficient (Wildman–Crippen LogP) is 1.14. The Morgan fingerprint density at radius 1 is 1.25 bits per heavy atom. The zero-order valence-corrected chi connectivity index (χ0v) is 9.31. The van der Waals surface area contributed by atoms with Crippen molar-refractivity contribution in [2.75, 3.05) is 13.1 Å². The second-order valence-corrected chi connectivity index (χ2v) is 5.46. The first-order valence-electron chi connectivity index (χ1n) is 4.77. The Balaban J connectivity index is 2.19. The number of benzene rings is 1. The summed E-state index contributed by atoms with van der Waals surface area (Å²) in [5.41, 5.74) is 0.849. The third kappa shape index (κ3) is 1.85. The van der Waals surface area contributed by atoms with Gasteiger partial charge in [0.2, 0.25) is 10.0 Å². The molecule has 0 saturated carbocycles. The average molecular weight is 234 g/mol. The van der Waals surface area contributed by atoms with Crippen LogP contribution in [-0.4, -0.2) is 25.8 Å².